The number of hydrazone groups is 1. The van der Waals surface area contributed by atoms with Crippen molar-refractivity contribution in [3.05, 3.63) is 27.2 Å². The summed E-state index contributed by atoms with van der Waals surface area (Å²) in [6.07, 6.45) is 1.29. The quantitative estimate of drug-likeness (QED) is 0.511. The second-order valence-electron chi connectivity index (χ2n) is 3.27. The highest BCUT2D eigenvalue weighted by atomic mass is 35.5. The van der Waals surface area contributed by atoms with Crippen LogP contribution in [-0.4, -0.2) is 31.4 Å². The van der Waals surface area contributed by atoms with Crippen LogP contribution < -0.4 is 10.7 Å². The fourth-order valence-electron chi connectivity index (χ4n) is 1.06. The summed E-state index contributed by atoms with van der Waals surface area (Å²) in [4.78, 5) is 12.4. The zero-order valence-electron chi connectivity index (χ0n) is 9.67. The Kier molecular flexibility index (Phi) is 5.53. The van der Waals surface area contributed by atoms with Crippen LogP contribution in [-0.2, 0) is 0 Å². The number of halogens is 3. The Bertz CT molecular complexity index is 455. The molecule has 1 aromatic rings. The Morgan fingerprint density at radius 2 is 1.89 bits per heavy atom. The molecule has 0 aliphatic heterocycles. The van der Waals surface area contributed by atoms with E-state index in [1.54, 1.807) is 7.05 Å². The first-order chi connectivity index (χ1) is 8.45. The standard InChI is InChI=1S/C10H11Cl3N4O/c1-14-10(18)17(2)5-15-16-9-7(12)3-6(11)4-8(9)13/h3-5,16H,1-2H3,(H,14,18)/b15-5+. The molecule has 0 radical (unpaired) electrons. The molecule has 8 heteroatoms. The summed E-state index contributed by atoms with van der Waals surface area (Å²) in [5.41, 5.74) is 3.06. The molecule has 1 aromatic carbocycles. The van der Waals surface area contributed by atoms with E-state index < -0.39 is 0 Å². The van der Waals surface area contributed by atoms with Gasteiger partial charge in [0.1, 0.15) is 6.34 Å². The fraction of sp³-hybridized carbons (Fsp3) is 0.200. The smallest absolute Gasteiger partial charge is 0.322 e. The maximum absolute atomic E-state index is 11.2. The second-order valence-corrected chi connectivity index (χ2v) is 4.52. The summed E-state index contributed by atoms with van der Waals surface area (Å²) >= 11 is 17.7. The van der Waals surface area contributed by atoms with E-state index in [0.29, 0.717) is 20.8 Å². The predicted molar refractivity (Wildman–Crippen MR) is 75.8 cm³/mol. The molecule has 0 saturated heterocycles. The monoisotopic (exact) mass is 308 g/mol. The summed E-state index contributed by atoms with van der Waals surface area (Å²) in [5.74, 6) is 0. The Balaban J connectivity index is 2.75. The Hall–Kier alpha value is -1.17. The lowest BCUT2D eigenvalue weighted by atomic mass is 10.3. The molecule has 1 rings (SSSR count). The minimum absolute atomic E-state index is 0.297. The normalized spacial score (nSPS) is 10.5. The number of hydrogen-bond donors (Lipinski definition) is 2. The Morgan fingerprint density at radius 3 is 2.39 bits per heavy atom. The summed E-state index contributed by atoms with van der Waals surface area (Å²) in [5, 5.41) is 7.39. The van der Waals surface area contributed by atoms with Crippen molar-refractivity contribution in [3.63, 3.8) is 0 Å². The van der Waals surface area contributed by atoms with E-state index in [9.17, 15) is 4.79 Å². The van der Waals surface area contributed by atoms with Gasteiger partial charge in [-0.25, -0.2) is 4.79 Å². The van der Waals surface area contributed by atoms with Gasteiger partial charge in [0.15, 0.2) is 0 Å². The topological polar surface area (TPSA) is 56.7 Å². The maximum Gasteiger partial charge on any atom is 0.322 e. The van der Waals surface area contributed by atoms with Gasteiger partial charge in [0, 0.05) is 19.1 Å². The lowest BCUT2D eigenvalue weighted by Gasteiger charge is -2.10. The first-order valence-corrected chi connectivity index (χ1v) is 5.97. The highest BCUT2D eigenvalue weighted by molar-refractivity contribution is 6.41. The number of urea groups is 1. The van der Waals surface area contributed by atoms with Crippen LogP contribution in [0.3, 0.4) is 0 Å². The number of benzene rings is 1. The summed E-state index contributed by atoms with van der Waals surface area (Å²) < 4.78 is 0. The SMILES string of the molecule is CNC(=O)N(C)/C=N/Nc1c(Cl)cc(Cl)cc1Cl. The average Bonchev–Trinajstić information content (AvgIpc) is 2.31. The summed E-state index contributed by atoms with van der Waals surface area (Å²) in [6.45, 7) is 0. The van der Waals surface area contributed by atoms with E-state index in [1.165, 1.54) is 30.4 Å². The summed E-state index contributed by atoms with van der Waals surface area (Å²) in [6, 6.07) is 2.78. The fourth-order valence-corrected chi connectivity index (χ4v) is 1.96. The molecule has 0 aromatic heterocycles. The zero-order valence-corrected chi connectivity index (χ0v) is 11.9. The van der Waals surface area contributed by atoms with Gasteiger partial charge in [0.2, 0.25) is 0 Å². The third kappa shape index (κ3) is 3.94. The number of anilines is 1. The highest BCUT2D eigenvalue weighted by Gasteiger charge is 2.07. The number of hydrogen-bond acceptors (Lipinski definition) is 3. The van der Waals surface area contributed by atoms with Crippen LogP contribution in [0, 0.1) is 0 Å². The lowest BCUT2D eigenvalue weighted by molar-refractivity contribution is 0.229. The van der Waals surface area contributed by atoms with Crippen LogP contribution in [0.4, 0.5) is 10.5 Å². The molecule has 0 aliphatic rings. The molecule has 18 heavy (non-hydrogen) atoms. The van der Waals surface area contributed by atoms with Gasteiger partial charge in [0.05, 0.1) is 15.7 Å². The molecule has 0 atom stereocenters. The molecule has 0 unspecified atom stereocenters. The van der Waals surface area contributed by atoms with Gasteiger partial charge in [-0.05, 0) is 12.1 Å². The molecule has 2 N–H and O–H groups in total. The van der Waals surface area contributed by atoms with Crippen molar-refractivity contribution in [2.24, 2.45) is 5.10 Å². The van der Waals surface area contributed by atoms with Gasteiger partial charge in [0.25, 0.3) is 0 Å². The summed E-state index contributed by atoms with van der Waals surface area (Å²) in [7, 11) is 3.07. The van der Waals surface area contributed by atoms with E-state index in [0.717, 1.165) is 0 Å². The predicted octanol–water partition coefficient (Wildman–Crippen LogP) is 3.27. The van der Waals surface area contributed by atoms with Crippen molar-refractivity contribution in [3.8, 4) is 0 Å². The first-order valence-electron chi connectivity index (χ1n) is 4.84. The number of rotatable bonds is 3. The number of carbonyl (C=O) groups excluding carboxylic acids is 1. The molecule has 0 fully saturated rings. The lowest BCUT2D eigenvalue weighted by Crippen LogP contribution is -2.33. The molecule has 0 spiro atoms. The minimum Gasteiger partial charge on any atom is -0.341 e. The van der Waals surface area contributed by atoms with Crippen LogP contribution in [0.15, 0.2) is 17.2 Å². The van der Waals surface area contributed by atoms with Crippen molar-refractivity contribution >= 4 is 52.9 Å². The van der Waals surface area contributed by atoms with Gasteiger partial charge in [-0.3, -0.25) is 10.3 Å². The second kappa shape index (κ2) is 6.68. The van der Waals surface area contributed by atoms with Gasteiger partial charge in [-0.1, -0.05) is 34.8 Å². The first kappa shape index (κ1) is 14.9. The van der Waals surface area contributed by atoms with Crippen molar-refractivity contribution in [2.75, 3.05) is 19.5 Å². The third-order valence-electron chi connectivity index (χ3n) is 1.95. The molecule has 0 heterocycles. The number of nitrogens with zero attached hydrogens (tertiary/aromatic N) is 2. The highest BCUT2D eigenvalue weighted by Crippen LogP contribution is 2.33. The van der Waals surface area contributed by atoms with Crippen molar-refractivity contribution in [2.45, 2.75) is 0 Å². The maximum atomic E-state index is 11.2. The van der Waals surface area contributed by atoms with Gasteiger partial charge >= 0.3 is 6.03 Å². The third-order valence-corrected chi connectivity index (χ3v) is 2.76. The molecular formula is C10H11Cl3N4O. The van der Waals surface area contributed by atoms with Crippen LogP contribution in [0.5, 0.6) is 0 Å². The van der Waals surface area contributed by atoms with Gasteiger partial charge in [-0.2, -0.15) is 5.10 Å². The van der Waals surface area contributed by atoms with Crippen LogP contribution >= 0.6 is 34.8 Å². The molecule has 2 amide bonds. The minimum atomic E-state index is -0.297. The molecule has 0 saturated carbocycles. The van der Waals surface area contributed by atoms with Crippen LogP contribution in [0.2, 0.25) is 15.1 Å². The van der Waals surface area contributed by atoms with Crippen molar-refractivity contribution < 1.29 is 4.79 Å². The van der Waals surface area contributed by atoms with Crippen molar-refractivity contribution in [1.82, 2.24) is 10.2 Å². The molecule has 0 aliphatic carbocycles. The van der Waals surface area contributed by atoms with E-state index in [4.69, 9.17) is 34.8 Å². The number of carbonyl (C=O) groups is 1. The Labute approximate surface area is 120 Å². The van der Waals surface area contributed by atoms with Crippen LogP contribution in [0.1, 0.15) is 0 Å². The van der Waals surface area contributed by atoms with E-state index in [-0.39, 0.29) is 6.03 Å². The van der Waals surface area contributed by atoms with Gasteiger partial charge in [-0.15, -0.1) is 0 Å². The number of amides is 2. The average molecular weight is 310 g/mol. The molecule has 5 nitrogen and oxygen atoms in total. The molecular weight excluding hydrogens is 298 g/mol. The largest absolute Gasteiger partial charge is 0.341 e. The Morgan fingerprint density at radius 1 is 1.33 bits per heavy atom. The van der Waals surface area contributed by atoms with Crippen molar-refractivity contribution in [1.29, 1.82) is 0 Å². The van der Waals surface area contributed by atoms with Gasteiger partial charge < -0.3 is 5.32 Å². The van der Waals surface area contributed by atoms with Crippen LogP contribution in [0.25, 0.3) is 0 Å². The van der Waals surface area contributed by atoms with E-state index >= 15 is 0 Å². The molecule has 98 valence electrons. The number of nitrogens with one attached hydrogen (secondary N) is 2. The molecule has 0 bridgehead atoms. The zero-order chi connectivity index (χ0) is 13.7. The van der Waals surface area contributed by atoms with E-state index in [2.05, 4.69) is 15.8 Å². The van der Waals surface area contributed by atoms with E-state index in [1.807, 2.05) is 0 Å².